The summed E-state index contributed by atoms with van der Waals surface area (Å²) in [7, 11) is 0. The normalized spacial score (nSPS) is 12.8. The number of rotatable bonds is 0. The Hall–Kier alpha value is -0.747. The van der Waals surface area contributed by atoms with Crippen molar-refractivity contribution in [2.45, 2.75) is 79.1 Å². The summed E-state index contributed by atoms with van der Waals surface area (Å²) in [4.78, 5) is 0. The second kappa shape index (κ2) is 13.2. The van der Waals surface area contributed by atoms with Gasteiger partial charge in [-0.25, -0.2) is 12.2 Å². The van der Waals surface area contributed by atoms with Gasteiger partial charge in [-0.3, -0.25) is 6.08 Å². The summed E-state index contributed by atoms with van der Waals surface area (Å²) in [6.07, 6.45) is 11.0. The van der Waals surface area contributed by atoms with Gasteiger partial charge in [-0.1, -0.05) is 76.3 Å². The minimum atomic E-state index is 0. The Morgan fingerprint density at radius 1 is 0.875 bits per heavy atom. The Balaban J connectivity index is 0.000000739. The monoisotopic (exact) mass is 544 g/mol. The van der Waals surface area contributed by atoms with Gasteiger partial charge in [0.2, 0.25) is 0 Å². The second-order valence-corrected chi connectivity index (χ2v) is 12.8. The molecule has 0 aromatic heterocycles. The van der Waals surface area contributed by atoms with Crippen molar-refractivity contribution in [2.75, 3.05) is 0 Å². The Labute approximate surface area is 224 Å². The van der Waals surface area contributed by atoms with Crippen LogP contribution in [0.5, 0.6) is 0 Å². The SMILES string of the molecule is CC(C)(C)c1c[c-]c2c(c1)-c1cc(C(C)(C)C)ccc1C2.C[C](C)=[Zr+2].[C-]1=CC=CC1.[Cl-].[Cl-]. The standard InChI is InChI=1S/C21H25.C5H5.C3H6.2ClH.Zr/c1-20(2,3)16-9-7-14-11-15-8-10-17(21(4,5)6)13-19(15)18(14)12-16;1-2-4-5-3-1;1-3-2;;;/h7,9-10,12-13H,11H2,1-6H3;1-3H,4H2;1-2H3;2*1H;/q2*-1;;;;+2/p-2. The van der Waals surface area contributed by atoms with E-state index in [1.165, 1.54) is 36.6 Å². The number of hydrogen-bond donors (Lipinski definition) is 0. The summed E-state index contributed by atoms with van der Waals surface area (Å²) in [6.45, 7) is 17.9. The number of allylic oxidation sites excluding steroid dienone is 4. The van der Waals surface area contributed by atoms with Crippen molar-refractivity contribution in [3.05, 3.63) is 83.0 Å². The molecule has 0 bridgehead atoms. The number of halogens is 2. The quantitative estimate of drug-likeness (QED) is 0.377. The zero-order valence-corrected chi connectivity index (χ0v) is 24.8. The van der Waals surface area contributed by atoms with Gasteiger partial charge in [0.1, 0.15) is 0 Å². The van der Waals surface area contributed by atoms with Crippen LogP contribution in [-0.4, -0.2) is 3.21 Å². The third kappa shape index (κ3) is 9.25. The Bertz CT molecular complexity index is 879. The van der Waals surface area contributed by atoms with Gasteiger partial charge in [-0.15, -0.1) is 12.0 Å². The molecule has 0 amide bonds. The molecule has 172 valence electrons. The first-order chi connectivity index (χ1) is 13.9. The molecule has 0 aliphatic heterocycles. The van der Waals surface area contributed by atoms with Crippen LogP contribution in [0.1, 0.15) is 84.1 Å². The predicted molar refractivity (Wildman–Crippen MR) is 129 cm³/mol. The molecule has 0 N–H and O–H groups in total. The molecule has 0 saturated heterocycles. The van der Waals surface area contributed by atoms with E-state index in [0.29, 0.717) is 0 Å². The molecule has 0 radical (unpaired) electrons. The van der Waals surface area contributed by atoms with E-state index >= 15 is 0 Å². The zero-order chi connectivity index (χ0) is 22.5. The van der Waals surface area contributed by atoms with E-state index in [2.05, 4.69) is 104 Å². The van der Waals surface area contributed by atoms with E-state index in [0.717, 1.165) is 12.8 Å². The van der Waals surface area contributed by atoms with Gasteiger partial charge >= 0.3 is 41.3 Å². The number of benzene rings is 2. The van der Waals surface area contributed by atoms with E-state index in [9.17, 15) is 0 Å². The molecule has 0 nitrogen and oxygen atoms in total. The van der Waals surface area contributed by atoms with Gasteiger partial charge in [0.25, 0.3) is 0 Å². The van der Waals surface area contributed by atoms with Gasteiger partial charge in [0.15, 0.2) is 0 Å². The smallest absolute Gasteiger partial charge is 0.109 e. The minimum absolute atomic E-state index is 0. The van der Waals surface area contributed by atoms with E-state index in [1.807, 2.05) is 12.2 Å². The molecule has 0 unspecified atom stereocenters. The molecular formula is C29H36Cl2Zr-2. The maximum absolute atomic E-state index is 3.53. The van der Waals surface area contributed by atoms with Crippen LogP contribution in [0, 0.1) is 12.1 Å². The average molecular weight is 547 g/mol. The topological polar surface area (TPSA) is 0 Å². The fourth-order valence-corrected chi connectivity index (χ4v) is 3.32. The Morgan fingerprint density at radius 2 is 1.44 bits per heavy atom. The molecule has 2 aliphatic rings. The van der Waals surface area contributed by atoms with Crippen LogP contribution >= 0.6 is 0 Å². The first-order valence-electron chi connectivity index (χ1n) is 10.8. The number of hydrogen-bond acceptors (Lipinski definition) is 0. The van der Waals surface area contributed by atoms with Crippen molar-refractivity contribution in [3.63, 3.8) is 0 Å². The van der Waals surface area contributed by atoms with Crippen LogP contribution in [0.3, 0.4) is 0 Å². The molecule has 2 aromatic rings. The van der Waals surface area contributed by atoms with Crippen molar-refractivity contribution in [1.29, 1.82) is 0 Å². The summed E-state index contributed by atoms with van der Waals surface area (Å²) >= 11 is 1.55. The van der Waals surface area contributed by atoms with Crippen LogP contribution in [0.15, 0.2) is 48.6 Å². The van der Waals surface area contributed by atoms with Gasteiger partial charge in [0.05, 0.1) is 0 Å². The maximum atomic E-state index is 3.53. The summed E-state index contributed by atoms with van der Waals surface area (Å²) in [5, 5.41) is 0. The van der Waals surface area contributed by atoms with Crippen molar-refractivity contribution in [3.8, 4) is 11.1 Å². The molecule has 0 spiro atoms. The summed E-state index contributed by atoms with van der Waals surface area (Å²) in [5.41, 5.74) is 8.76. The number of fused-ring (bicyclic) bond motifs is 3. The molecule has 0 atom stereocenters. The first kappa shape index (κ1) is 31.3. The van der Waals surface area contributed by atoms with Crippen molar-refractivity contribution in [1.82, 2.24) is 0 Å². The van der Waals surface area contributed by atoms with E-state index in [1.54, 1.807) is 24.2 Å². The molecular weight excluding hydrogens is 510 g/mol. The summed E-state index contributed by atoms with van der Waals surface area (Å²) in [6, 6.07) is 15.1. The Morgan fingerprint density at radius 3 is 1.88 bits per heavy atom. The van der Waals surface area contributed by atoms with E-state index in [-0.39, 0.29) is 35.6 Å². The average Bonchev–Trinajstić information content (AvgIpc) is 3.30. The van der Waals surface area contributed by atoms with Crippen molar-refractivity contribution in [2.24, 2.45) is 0 Å². The second-order valence-electron chi connectivity index (χ2n) is 10.3. The van der Waals surface area contributed by atoms with Crippen molar-refractivity contribution < 1.29 is 49.0 Å². The molecule has 0 saturated carbocycles. The van der Waals surface area contributed by atoms with Crippen molar-refractivity contribution >= 4 is 3.21 Å². The minimum Gasteiger partial charge on any atom is -1.00 e. The molecule has 32 heavy (non-hydrogen) atoms. The summed E-state index contributed by atoms with van der Waals surface area (Å²) in [5.74, 6) is 0. The van der Waals surface area contributed by atoms with Crippen LogP contribution in [-0.2, 0) is 41.5 Å². The predicted octanol–water partition coefficient (Wildman–Crippen LogP) is 1.71. The molecule has 0 fully saturated rings. The largest absolute Gasteiger partial charge is 1.00 e. The van der Waals surface area contributed by atoms with Crippen LogP contribution < -0.4 is 24.8 Å². The van der Waals surface area contributed by atoms with Gasteiger partial charge in [-0.05, 0) is 17.4 Å². The van der Waals surface area contributed by atoms with Gasteiger partial charge in [-0.2, -0.15) is 35.4 Å². The Kier molecular flexibility index (Phi) is 12.9. The molecule has 0 heterocycles. The molecule has 4 rings (SSSR count). The third-order valence-electron chi connectivity index (χ3n) is 5.11. The van der Waals surface area contributed by atoms with Gasteiger partial charge in [0, 0.05) is 0 Å². The van der Waals surface area contributed by atoms with Crippen LogP contribution in [0.2, 0.25) is 0 Å². The summed E-state index contributed by atoms with van der Waals surface area (Å²) < 4.78 is 1.51. The fourth-order valence-electron chi connectivity index (χ4n) is 3.32. The maximum Gasteiger partial charge on any atom is -0.109 e. The molecule has 2 aliphatic carbocycles. The van der Waals surface area contributed by atoms with Gasteiger partial charge < -0.3 is 24.8 Å². The zero-order valence-electron chi connectivity index (χ0n) is 20.8. The van der Waals surface area contributed by atoms with E-state index < -0.39 is 0 Å². The third-order valence-corrected chi connectivity index (χ3v) is 5.11. The van der Waals surface area contributed by atoms with E-state index in [4.69, 9.17) is 0 Å². The van der Waals surface area contributed by atoms with Crippen LogP contribution in [0.25, 0.3) is 11.1 Å². The molecule has 2 aromatic carbocycles. The molecule has 3 heteroatoms. The fraction of sp³-hybridized carbons (Fsp3) is 0.414. The first-order valence-corrected chi connectivity index (χ1v) is 12.0. The van der Waals surface area contributed by atoms with Crippen LogP contribution in [0.4, 0.5) is 0 Å².